The molecule has 2 aliphatic heterocycles. The van der Waals surface area contributed by atoms with E-state index in [0.29, 0.717) is 22.8 Å². The first-order valence-corrected chi connectivity index (χ1v) is 13.0. The van der Waals surface area contributed by atoms with E-state index in [0.717, 1.165) is 63.2 Å². The van der Waals surface area contributed by atoms with Crippen LogP contribution in [0.3, 0.4) is 0 Å². The van der Waals surface area contributed by atoms with E-state index < -0.39 is 0 Å². The van der Waals surface area contributed by atoms with E-state index in [1.54, 1.807) is 0 Å². The Kier molecular flexibility index (Phi) is 3.68. The summed E-state index contributed by atoms with van der Waals surface area (Å²) in [5.74, 6) is 3.12. The molecule has 0 N–H and O–H groups in total. The van der Waals surface area contributed by atoms with Crippen LogP contribution in [0.1, 0.15) is 80.8 Å². The third-order valence-corrected chi connectivity index (χ3v) is 9.37. The molecule has 4 saturated carbocycles. The fourth-order valence-corrected chi connectivity index (χ4v) is 7.27. The molecule has 2 aromatic heterocycles. The van der Waals surface area contributed by atoms with Gasteiger partial charge in [0.2, 0.25) is 0 Å². The summed E-state index contributed by atoms with van der Waals surface area (Å²) in [6.07, 6.45) is 14.0. The topological polar surface area (TPSA) is 72.1 Å². The molecular weight excluding hydrogens is 414 g/mol. The molecule has 4 heterocycles. The van der Waals surface area contributed by atoms with Crippen LogP contribution >= 0.6 is 0 Å². The van der Waals surface area contributed by atoms with Gasteiger partial charge < -0.3 is 9.80 Å². The van der Waals surface area contributed by atoms with Gasteiger partial charge in [0.25, 0.3) is 0 Å². The Morgan fingerprint density at radius 2 is 1.58 bits per heavy atom. The highest BCUT2D eigenvalue weighted by Crippen LogP contribution is 2.56. The van der Waals surface area contributed by atoms with Gasteiger partial charge in [0.1, 0.15) is 6.33 Å². The number of rotatable bonds is 5. The van der Waals surface area contributed by atoms with Crippen molar-refractivity contribution >= 4 is 6.03 Å². The Labute approximate surface area is 194 Å². The van der Waals surface area contributed by atoms with Crippen molar-refractivity contribution in [1.82, 2.24) is 34.3 Å². The van der Waals surface area contributed by atoms with E-state index >= 15 is 0 Å². The predicted molar refractivity (Wildman–Crippen MR) is 121 cm³/mol. The van der Waals surface area contributed by atoms with E-state index in [4.69, 9.17) is 10.2 Å². The van der Waals surface area contributed by atoms with Gasteiger partial charge in [0.15, 0.2) is 5.82 Å². The molecule has 0 atom stereocenters. The summed E-state index contributed by atoms with van der Waals surface area (Å²) in [6.45, 7) is 4.84. The van der Waals surface area contributed by atoms with Crippen molar-refractivity contribution in [2.24, 2.45) is 16.7 Å². The number of carbonyl (C=O) groups excluding carboxylic acids is 1. The maximum Gasteiger partial charge on any atom is 0.320 e. The highest BCUT2D eigenvalue weighted by molar-refractivity contribution is 5.77. The summed E-state index contributed by atoms with van der Waals surface area (Å²) >= 11 is 0. The van der Waals surface area contributed by atoms with Gasteiger partial charge in [-0.1, -0.05) is 0 Å². The first kappa shape index (κ1) is 19.0. The molecule has 0 bridgehead atoms. The van der Waals surface area contributed by atoms with E-state index in [2.05, 4.69) is 36.4 Å². The average molecular weight is 448 g/mol. The highest BCUT2D eigenvalue weighted by atomic mass is 16.2. The van der Waals surface area contributed by atoms with Crippen LogP contribution in [-0.2, 0) is 6.54 Å². The van der Waals surface area contributed by atoms with Crippen molar-refractivity contribution in [1.29, 1.82) is 0 Å². The Morgan fingerprint density at radius 1 is 0.909 bits per heavy atom. The van der Waals surface area contributed by atoms with Gasteiger partial charge >= 0.3 is 6.03 Å². The average Bonchev–Trinajstić information content (AvgIpc) is 3.62. The molecule has 0 aromatic carbocycles. The number of urea groups is 1. The SMILES string of the molecule is O=C(N1CC2(CC(Cn3ccc(C4CC4)n3)C2)C1)N1CC2(CC(n3cnc(C4CC4)n3)C2)C1. The molecule has 6 fully saturated rings. The van der Waals surface area contributed by atoms with Crippen molar-refractivity contribution in [3.8, 4) is 0 Å². The molecule has 8 heteroatoms. The standard InChI is InChI=1S/C25H33N7O/c33-23(30-14-25(15-30)9-20(10-25)32-16-26-22(28-32)19-3-4-19)29-12-24(13-29)7-17(8-24)11-31-6-5-21(27-31)18-1-2-18/h5-6,16-20H,1-4,7-15H2. The molecule has 2 saturated heterocycles. The zero-order valence-corrected chi connectivity index (χ0v) is 19.3. The van der Waals surface area contributed by atoms with Crippen molar-refractivity contribution in [2.75, 3.05) is 26.2 Å². The van der Waals surface area contributed by atoms with Gasteiger partial charge in [-0.2, -0.15) is 10.2 Å². The first-order valence-electron chi connectivity index (χ1n) is 13.0. The van der Waals surface area contributed by atoms with Crippen molar-refractivity contribution in [3.05, 3.63) is 30.1 Å². The number of aromatic nitrogens is 5. The van der Waals surface area contributed by atoms with Crippen LogP contribution in [0.15, 0.2) is 18.6 Å². The number of amides is 2. The fourth-order valence-electron chi connectivity index (χ4n) is 7.27. The monoisotopic (exact) mass is 447 g/mol. The molecule has 174 valence electrons. The minimum absolute atomic E-state index is 0.274. The van der Waals surface area contributed by atoms with Crippen LogP contribution in [-0.4, -0.2) is 66.6 Å². The highest BCUT2D eigenvalue weighted by Gasteiger charge is 2.58. The lowest BCUT2D eigenvalue weighted by molar-refractivity contribution is -0.109. The van der Waals surface area contributed by atoms with E-state index in [9.17, 15) is 4.79 Å². The van der Waals surface area contributed by atoms with E-state index in [1.807, 2.05) is 6.33 Å². The molecule has 8 nitrogen and oxygen atoms in total. The second-order valence-electron chi connectivity index (χ2n) is 12.4. The molecule has 8 rings (SSSR count). The van der Waals surface area contributed by atoms with Gasteiger partial charge in [-0.15, -0.1) is 0 Å². The Morgan fingerprint density at radius 3 is 2.24 bits per heavy atom. The van der Waals surface area contributed by atoms with Gasteiger partial charge in [0.05, 0.1) is 11.7 Å². The maximum atomic E-state index is 13.0. The molecular formula is C25H33N7O. The number of nitrogens with zero attached hydrogens (tertiary/aromatic N) is 7. The predicted octanol–water partition coefficient (Wildman–Crippen LogP) is 3.40. The van der Waals surface area contributed by atoms with E-state index in [-0.39, 0.29) is 6.03 Å². The zero-order valence-electron chi connectivity index (χ0n) is 19.3. The molecule has 2 amide bonds. The normalized spacial score (nSPS) is 27.9. The van der Waals surface area contributed by atoms with Crippen LogP contribution in [0.4, 0.5) is 4.79 Å². The van der Waals surface area contributed by atoms with Crippen molar-refractivity contribution in [2.45, 2.75) is 75.8 Å². The summed E-state index contributed by atoms with van der Waals surface area (Å²) in [5.41, 5.74) is 2.04. The summed E-state index contributed by atoms with van der Waals surface area (Å²) in [5, 5.41) is 9.48. The van der Waals surface area contributed by atoms with Gasteiger partial charge in [-0.05, 0) is 63.4 Å². The quantitative estimate of drug-likeness (QED) is 0.704. The molecule has 4 aliphatic carbocycles. The van der Waals surface area contributed by atoms with Crippen LogP contribution in [0.5, 0.6) is 0 Å². The smallest absolute Gasteiger partial charge is 0.320 e. The second-order valence-corrected chi connectivity index (χ2v) is 12.4. The molecule has 6 aliphatic rings. The molecule has 0 radical (unpaired) electrons. The van der Waals surface area contributed by atoms with Gasteiger partial charge in [0, 0.05) is 61.6 Å². The largest absolute Gasteiger partial charge is 0.323 e. The van der Waals surface area contributed by atoms with Crippen LogP contribution in [0.2, 0.25) is 0 Å². The van der Waals surface area contributed by atoms with Crippen LogP contribution in [0, 0.1) is 16.7 Å². The lowest BCUT2D eigenvalue weighted by Crippen LogP contribution is -2.71. The van der Waals surface area contributed by atoms with Gasteiger partial charge in [-0.3, -0.25) is 4.68 Å². The summed E-state index contributed by atoms with van der Waals surface area (Å²) < 4.78 is 4.25. The number of likely N-dealkylation sites (tertiary alicyclic amines) is 2. The van der Waals surface area contributed by atoms with Crippen LogP contribution in [0.25, 0.3) is 0 Å². The van der Waals surface area contributed by atoms with E-state index in [1.165, 1.54) is 44.2 Å². The lowest BCUT2D eigenvalue weighted by Gasteiger charge is -2.63. The molecule has 33 heavy (non-hydrogen) atoms. The Bertz CT molecular complexity index is 1080. The van der Waals surface area contributed by atoms with Crippen LogP contribution < -0.4 is 0 Å². The minimum atomic E-state index is 0.274. The summed E-state index contributed by atoms with van der Waals surface area (Å²) in [7, 11) is 0. The third-order valence-electron chi connectivity index (χ3n) is 9.37. The Hall–Kier alpha value is -2.38. The first-order chi connectivity index (χ1) is 16.1. The summed E-state index contributed by atoms with van der Waals surface area (Å²) in [6, 6.07) is 2.96. The minimum Gasteiger partial charge on any atom is -0.323 e. The second kappa shape index (κ2) is 6.39. The molecule has 2 aromatic rings. The fraction of sp³-hybridized carbons (Fsp3) is 0.760. The van der Waals surface area contributed by atoms with Crippen molar-refractivity contribution in [3.63, 3.8) is 0 Å². The third kappa shape index (κ3) is 3.08. The van der Waals surface area contributed by atoms with Gasteiger partial charge in [-0.25, -0.2) is 14.5 Å². The summed E-state index contributed by atoms with van der Waals surface area (Å²) in [4.78, 5) is 21.6. The lowest BCUT2D eigenvalue weighted by atomic mass is 9.57. The number of hydrogen-bond donors (Lipinski definition) is 0. The maximum absolute atomic E-state index is 13.0. The zero-order chi connectivity index (χ0) is 21.8. The molecule has 0 unspecified atom stereocenters. The number of hydrogen-bond acceptors (Lipinski definition) is 4. The Balaban J connectivity index is 0.784. The van der Waals surface area contributed by atoms with Crippen molar-refractivity contribution < 1.29 is 4.79 Å². The molecule has 2 spiro atoms. The number of carbonyl (C=O) groups is 1.